The van der Waals surface area contributed by atoms with E-state index in [1.807, 2.05) is 11.8 Å². The van der Waals surface area contributed by atoms with Gasteiger partial charge in [0.25, 0.3) is 0 Å². The molecule has 0 aromatic rings. The molecule has 1 amide bonds. The van der Waals surface area contributed by atoms with Crippen LogP contribution >= 0.6 is 0 Å². The Hall–Kier alpha value is -0.610. The summed E-state index contributed by atoms with van der Waals surface area (Å²) < 4.78 is 0. The second kappa shape index (κ2) is 6.86. The van der Waals surface area contributed by atoms with Crippen LogP contribution in [0.4, 0.5) is 0 Å². The summed E-state index contributed by atoms with van der Waals surface area (Å²) in [6.07, 6.45) is 5.29. The molecule has 0 bridgehead atoms. The topological polar surface area (TPSA) is 66.6 Å². The minimum Gasteiger partial charge on any atom is -0.396 e. The van der Waals surface area contributed by atoms with Gasteiger partial charge in [-0.1, -0.05) is 0 Å². The van der Waals surface area contributed by atoms with Crippen LogP contribution in [0.2, 0.25) is 0 Å². The molecule has 4 nitrogen and oxygen atoms in total. The molecule has 2 atom stereocenters. The van der Waals surface area contributed by atoms with Crippen LogP contribution < -0.4 is 5.73 Å². The van der Waals surface area contributed by atoms with Crippen LogP contribution in [0.3, 0.4) is 0 Å². The highest BCUT2D eigenvalue weighted by atomic mass is 16.3. The number of piperidine rings is 1. The van der Waals surface area contributed by atoms with Gasteiger partial charge in [0.2, 0.25) is 5.91 Å². The van der Waals surface area contributed by atoms with Gasteiger partial charge in [0.15, 0.2) is 0 Å². The summed E-state index contributed by atoms with van der Waals surface area (Å²) in [6, 6.07) is 0.337. The molecule has 1 rings (SSSR count). The largest absolute Gasteiger partial charge is 0.396 e. The molecule has 0 aromatic heterocycles. The van der Waals surface area contributed by atoms with E-state index in [9.17, 15) is 4.79 Å². The van der Waals surface area contributed by atoms with Crippen LogP contribution in [-0.4, -0.2) is 41.1 Å². The minimum absolute atomic E-state index is 0.0880. The van der Waals surface area contributed by atoms with Gasteiger partial charge in [-0.2, -0.15) is 0 Å². The van der Waals surface area contributed by atoms with Gasteiger partial charge >= 0.3 is 0 Å². The van der Waals surface area contributed by atoms with Crippen LogP contribution in [-0.2, 0) is 4.79 Å². The first-order chi connectivity index (χ1) is 7.65. The van der Waals surface area contributed by atoms with Crippen molar-refractivity contribution in [2.75, 3.05) is 13.2 Å². The number of carbonyl (C=O) groups excluding carboxylic acids is 1. The number of nitrogens with two attached hydrogens (primary N) is 1. The van der Waals surface area contributed by atoms with Crippen molar-refractivity contribution >= 4 is 5.91 Å². The van der Waals surface area contributed by atoms with E-state index in [-0.39, 0.29) is 24.6 Å². The molecule has 0 aromatic carbocycles. The van der Waals surface area contributed by atoms with Gasteiger partial charge in [-0.3, -0.25) is 4.79 Å². The predicted octanol–water partition coefficient (Wildman–Crippen LogP) is 0.877. The zero-order chi connectivity index (χ0) is 12.0. The Morgan fingerprint density at radius 1 is 1.56 bits per heavy atom. The van der Waals surface area contributed by atoms with E-state index >= 15 is 0 Å². The summed E-state index contributed by atoms with van der Waals surface area (Å²) in [4.78, 5) is 13.9. The van der Waals surface area contributed by atoms with Crippen molar-refractivity contribution in [3.05, 3.63) is 0 Å². The summed E-state index contributed by atoms with van der Waals surface area (Å²) in [5.74, 6) is 0.204. The van der Waals surface area contributed by atoms with Gasteiger partial charge in [0.1, 0.15) is 0 Å². The number of likely N-dealkylation sites (tertiary alicyclic amines) is 1. The van der Waals surface area contributed by atoms with Crippen LogP contribution in [0.15, 0.2) is 0 Å². The molecular formula is C12H24N2O2. The number of carbonyl (C=O) groups is 1. The third-order valence-corrected chi connectivity index (χ3v) is 3.22. The highest BCUT2D eigenvalue weighted by Gasteiger charge is 2.25. The standard InChI is InChI=1S/C12H24N2O2/c1-10(13)5-6-12(16)14-8-3-2-4-11(14)7-9-15/h10-11,15H,2-9,13H2,1H3. The molecule has 1 aliphatic heterocycles. The maximum atomic E-state index is 12.0. The van der Waals surface area contributed by atoms with Crippen LogP contribution in [0.1, 0.15) is 45.4 Å². The van der Waals surface area contributed by atoms with E-state index in [4.69, 9.17) is 10.8 Å². The molecule has 0 aliphatic carbocycles. The quantitative estimate of drug-likeness (QED) is 0.734. The Morgan fingerprint density at radius 3 is 2.94 bits per heavy atom. The van der Waals surface area contributed by atoms with Gasteiger partial charge in [0.05, 0.1) is 0 Å². The van der Waals surface area contributed by atoms with E-state index in [1.54, 1.807) is 0 Å². The lowest BCUT2D eigenvalue weighted by Crippen LogP contribution is -2.44. The molecule has 4 heteroatoms. The molecule has 1 saturated heterocycles. The Kier molecular flexibility index (Phi) is 5.77. The second-order valence-corrected chi connectivity index (χ2v) is 4.76. The van der Waals surface area contributed by atoms with Crippen molar-refractivity contribution in [3.63, 3.8) is 0 Å². The van der Waals surface area contributed by atoms with Crippen LogP contribution in [0, 0.1) is 0 Å². The van der Waals surface area contributed by atoms with Crippen molar-refractivity contribution in [2.45, 2.75) is 57.5 Å². The van der Waals surface area contributed by atoms with Gasteiger partial charge < -0.3 is 15.7 Å². The van der Waals surface area contributed by atoms with Crippen molar-refractivity contribution in [2.24, 2.45) is 5.73 Å². The highest BCUT2D eigenvalue weighted by Crippen LogP contribution is 2.20. The molecule has 1 aliphatic rings. The third-order valence-electron chi connectivity index (χ3n) is 3.22. The summed E-state index contributed by atoms with van der Waals surface area (Å²) in [5, 5.41) is 8.98. The number of rotatable bonds is 5. The Labute approximate surface area is 97.8 Å². The van der Waals surface area contributed by atoms with E-state index in [0.29, 0.717) is 12.8 Å². The van der Waals surface area contributed by atoms with E-state index in [1.165, 1.54) is 6.42 Å². The Bertz CT molecular complexity index is 217. The fraction of sp³-hybridized carbons (Fsp3) is 0.917. The first kappa shape index (κ1) is 13.5. The first-order valence-corrected chi connectivity index (χ1v) is 6.31. The first-order valence-electron chi connectivity index (χ1n) is 6.31. The van der Waals surface area contributed by atoms with Gasteiger partial charge in [-0.25, -0.2) is 0 Å². The maximum absolute atomic E-state index is 12.0. The molecule has 16 heavy (non-hydrogen) atoms. The molecule has 0 saturated carbocycles. The number of amides is 1. The van der Waals surface area contributed by atoms with Crippen molar-refractivity contribution in [1.29, 1.82) is 0 Å². The lowest BCUT2D eigenvalue weighted by molar-refractivity contribution is -0.135. The molecule has 2 unspecified atom stereocenters. The molecule has 1 fully saturated rings. The summed E-state index contributed by atoms with van der Waals surface area (Å²) in [7, 11) is 0. The fourth-order valence-corrected chi connectivity index (χ4v) is 2.27. The number of nitrogens with zero attached hydrogens (tertiary/aromatic N) is 1. The smallest absolute Gasteiger partial charge is 0.222 e. The number of aliphatic hydroxyl groups excluding tert-OH is 1. The van der Waals surface area contributed by atoms with E-state index in [0.717, 1.165) is 25.8 Å². The van der Waals surface area contributed by atoms with Gasteiger partial charge in [0, 0.05) is 31.7 Å². The average Bonchev–Trinajstić information content (AvgIpc) is 2.27. The second-order valence-electron chi connectivity index (χ2n) is 4.76. The summed E-state index contributed by atoms with van der Waals surface area (Å²) in [6.45, 7) is 2.94. The predicted molar refractivity (Wildman–Crippen MR) is 63.9 cm³/mol. The lowest BCUT2D eigenvalue weighted by Gasteiger charge is -2.35. The molecule has 94 valence electrons. The van der Waals surface area contributed by atoms with E-state index in [2.05, 4.69) is 0 Å². The monoisotopic (exact) mass is 228 g/mol. The maximum Gasteiger partial charge on any atom is 0.222 e. The molecule has 1 heterocycles. The zero-order valence-corrected chi connectivity index (χ0v) is 10.2. The molecule has 0 radical (unpaired) electrons. The summed E-state index contributed by atoms with van der Waals surface area (Å²) in [5.41, 5.74) is 5.65. The third kappa shape index (κ3) is 4.10. The van der Waals surface area contributed by atoms with Gasteiger partial charge in [-0.05, 0) is 39.0 Å². The Morgan fingerprint density at radius 2 is 2.31 bits per heavy atom. The average molecular weight is 228 g/mol. The number of hydrogen-bond donors (Lipinski definition) is 2. The minimum atomic E-state index is 0.0880. The summed E-state index contributed by atoms with van der Waals surface area (Å²) >= 11 is 0. The van der Waals surface area contributed by atoms with Crippen molar-refractivity contribution < 1.29 is 9.90 Å². The molecule has 3 N–H and O–H groups in total. The normalized spacial score (nSPS) is 23.2. The van der Waals surface area contributed by atoms with Gasteiger partial charge in [-0.15, -0.1) is 0 Å². The van der Waals surface area contributed by atoms with Crippen molar-refractivity contribution in [1.82, 2.24) is 4.90 Å². The fourth-order valence-electron chi connectivity index (χ4n) is 2.27. The van der Waals surface area contributed by atoms with Crippen molar-refractivity contribution in [3.8, 4) is 0 Å². The molecular weight excluding hydrogens is 204 g/mol. The zero-order valence-electron chi connectivity index (χ0n) is 10.2. The van der Waals surface area contributed by atoms with Crippen LogP contribution in [0.25, 0.3) is 0 Å². The van der Waals surface area contributed by atoms with E-state index < -0.39 is 0 Å². The molecule has 0 spiro atoms. The lowest BCUT2D eigenvalue weighted by atomic mass is 9.98. The number of hydrogen-bond acceptors (Lipinski definition) is 3. The SMILES string of the molecule is CC(N)CCC(=O)N1CCCCC1CCO. The Balaban J connectivity index is 2.43. The van der Waals surface area contributed by atoms with Crippen LogP contribution in [0.5, 0.6) is 0 Å². The number of aliphatic hydroxyl groups is 1. The highest BCUT2D eigenvalue weighted by molar-refractivity contribution is 5.76.